The van der Waals surface area contributed by atoms with Crippen molar-refractivity contribution in [1.29, 1.82) is 0 Å². The van der Waals surface area contributed by atoms with Crippen LogP contribution in [0.15, 0.2) is 12.2 Å². The summed E-state index contributed by atoms with van der Waals surface area (Å²) in [5, 5.41) is 20.5. The Balaban J connectivity index is 2.94. The van der Waals surface area contributed by atoms with Crippen molar-refractivity contribution in [3.8, 4) is 0 Å². The van der Waals surface area contributed by atoms with Gasteiger partial charge in [-0.25, -0.2) is 4.79 Å². The molecule has 4 nitrogen and oxygen atoms in total. The molecule has 1 aliphatic rings. The molecule has 0 aromatic heterocycles. The zero-order valence-corrected chi connectivity index (χ0v) is 12.9. The molecular weight excluding hydrogens is 256 g/mol. The number of rotatable bonds is 6. The summed E-state index contributed by atoms with van der Waals surface area (Å²) >= 11 is 0. The van der Waals surface area contributed by atoms with Gasteiger partial charge < -0.3 is 14.9 Å². The van der Waals surface area contributed by atoms with E-state index in [0.717, 1.165) is 12.8 Å². The first-order valence-corrected chi connectivity index (χ1v) is 7.55. The lowest BCUT2D eigenvalue weighted by Gasteiger charge is -2.45. The minimum absolute atomic E-state index is 0.348. The molecule has 3 atom stereocenters. The maximum Gasteiger partial charge on any atom is 0.333 e. The molecule has 0 heterocycles. The molecule has 1 saturated carbocycles. The first kappa shape index (κ1) is 17.2. The highest BCUT2D eigenvalue weighted by atomic mass is 16.6. The Kier molecular flexibility index (Phi) is 5.78. The van der Waals surface area contributed by atoms with Gasteiger partial charge in [-0.3, -0.25) is 0 Å². The third kappa shape index (κ3) is 4.32. The van der Waals surface area contributed by atoms with E-state index in [0.29, 0.717) is 37.7 Å². The van der Waals surface area contributed by atoms with E-state index in [4.69, 9.17) is 4.74 Å². The average molecular weight is 284 g/mol. The van der Waals surface area contributed by atoms with Crippen LogP contribution in [0.4, 0.5) is 0 Å². The Morgan fingerprint density at radius 1 is 1.40 bits per heavy atom. The Bertz CT molecular complexity index is 365. The summed E-state index contributed by atoms with van der Waals surface area (Å²) in [4.78, 5) is 11.9. The summed E-state index contributed by atoms with van der Waals surface area (Å²) in [5.74, 6) is -0.436. The van der Waals surface area contributed by atoms with E-state index in [1.54, 1.807) is 6.92 Å². The number of aliphatic hydroxyl groups excluding tert-OH is 1. The van der Waals surface area contributed by atoms with Gasteiger partial charge in [0.05, 0.1) is 11.7 Å². The fourth-order valence-electron chi connectivity index (χ4n) is 2.98. The molecule has 116 valence electrons. The number of carbonyl (C=O) groups is 1. The Hall–Kier alpha value is -0.870. The molecule has 4 heteroatoms. The fraction of sp³-hybridized carbons (Fsp3) is 0.812. The third-order valence-electron chi connectivity index (χ3n) is 4.32. The zero-order chi connectivity index (χ0) is 15.4. The standard InChI is InChI=1S/C16H28O4/c1-5-13(17)10-16(20-14(18)12(3)4)9-7-8-15(19,6-2)11-16/h13,17,19H,3,5-11H2,1-2,4H3. The quantitative estimate of drug-likeness (QED) is 0.581. The van der Waals surface area contributed by atoms with Gasteiger partial charge in [-0.15, -0.1) is 0 Å². The van der Waals surface area contributed by atoms with Crippen molar-refractivity contribution < 1.29 is 19.7 Å². The van der Waals surface area contributed by atoms with E-state index in [2.05, 4.69) is 6.58 Å². The largest absolute Gasteiger partial charge is 0.456 e. The molecule has 3 unspecified atom stereocenters. The van der Waals surface area contributed by atoms with Gasteiger partial charge in [0.25, 0.3) is 0 Å². The van der Waals surface area contributed by atoms with Crippen LogP contribution in [-0.4, -0.2) is 33.5 Å². The number of hydrogen-bond donors (Lipinski definition) is 2. The van der Waals surface area contributed by atoms with Crippen molar-refractivity contribution in [2.75, 3.05) is 0 Å². The molecular formula is C16H28O4. The normalized spacial score (nSPS) is 31.6. The fourth-order valence-corrected chi connectivity index (χ4v) is 2.98. The van der Waals surface area contributed by atoms with Gasteiger partial charge in [0.15, 0.2) is 0 Å². The molecule has 0 bridgehead atoms. The summed E-state index contributed by atoms with van der Waals surface area (Å²) in [6.07, 6.45) is 3.69. The summed E-state index contributed by atoms with van der Waals surface area (Å²) < 4.78 is 5.65. The molecule has 1 aliphatic carbocycles. The topological polar surface area (TPSA) is 66.8 Å². The van der Waals surface area contributed by atoms with Crippen LogP contribution < -0.4 is 0 Å². The van der Waals surface area contributed by atoms with Crippen LogP contribution in [0.5, 0.6) is 0 Å². The molecule has 0 aliphatic heterocycles. The van der Waals surface area contributed by atoms with E-state index in [1.807, 2.05) is 13.8 Å². The number of esters is 1. The second-order valence-electron chi connectivity index (χ2n) is 6.23. The minimum Gasteiger partial charge on any atom is -0.456 e. The molecule has 1 fully saturated rings. The van der Waals surface area contributed by atoms with Crippen molar-refractivity contribution in [3.05, 3.63) is 12.2 Å². The molecule has 2 N–H and O–H groups in total. The SMILES string of the molecule is C=C(C)C(=O)OC1(CC(O)CC)CCCC(O)(CC)C1. The Labute approximate surface area is 121 Å². The van der Waals surface area contributed by atoms with Crippen LogP contribution in [0.3, 0.4) is 0 Å². The summed E-state index contributed by atoms with van der Waals surface area (Å²) in [6.45, 7) is 9.05. The highest BCUT2D eigenvalue weighted by molar-refractivity contribution is 5.87. The first-order chi connectivity index (χ1) is 9.26. The smallest absolute Gasteiger partial charge is 0.333 e. The van der Waals surface area contributed by atoms with Crippen molar-refractivity contribution in [1.82, 2.24) is 0 Å². The lowest BCUT2D eigenvalue weighted by atomic mass is 9.71. The van der Waals surface area contributed by atoms with Crippen molar-refractivity contribution in [3.63, 3.8) is 0 Å². The molecule has 20 heavy (non-hydrogen) atoms. The van der Waals surface area contributed by atoms with Gasteiger partial charge in [0, 0.05) is 18.4 Å². The van der Waals surface area contributed by atoms with Gasteiger partial charge >= 0.3 is 5.97 Å². The Morgan fingerprint density at radius 3 is 2.55 bits per heavy atom. The maximum absolute atomic E-state index is 11.9. The summed E-state index contributed by atoms with van der Waals surface area (Å²) in [7, 11) is 0. The molecule has 0 aromatic rings. The zero-order valence-electron chi connectivity index (χ0n) is 12.9. The van der Waals surface area contributed by atoms with E-state index >= 15 is 0 Å². The summed E-state index contributed by atoms with van der Waals surface area (Å²) in [5.41, 5.74) is -1.23. The lowest BCUT2D eigenvalue weighted by molar-refractivity contribution is -0.176. The molecule has 0 saturated heterocycles. The van der Waals surface area contributed by atoms with Gasteiger partial charge in [-0.2, -0.15) is 0 Å². The number of aliphatic hydroxyl groups is 2. The van der Waals surface area contributed by atoms with E-state index in [9.17, 15) is 15.0 Å². The van der Waals surface area contributed by atoms with Crippen LogP contribution in [0.2, 0.25) is 0 Å². The highest BCUT2D eigenvalue weighted by Gasteiger charge is 2.46. The Morgan fingerprint density at radius 2 is 2.05 bits per heavy atom. The first-order valence-electron chi connectivity index (χ1n) is 7.55. The van der Waals surface area contributed by atoms with Crippen molar-refractivity contribution >= 4 is 5.97 Å². The molecule has 1 rings (SSSR count). The average Bonchev–Trinajstić information content (AvgIpc) is 2.38. The minimum atomic E-state index is -0.804. The van der Waals surface area contributed by atoms with E-state index < -0.39 is 23.3 Å². The van der Waals surface area contributed by atoms with Crippen molar-refractivity contribution in [2.24, 2.45) is 0 Å². The van der Waals surface area contributed by atoms with Crippen LogP contribution in [-0.2, 0) is 9.53 Å². The predicted octanol–water partition coefficient (Wildman–Crippen LogP) is 2.72. The maximum atomic E-state index is 11.9. The lowest BCUT2D eigenvalue weighted by Crippen LogP contribution is -2.49. The van der Waals surface area contributed by atoms with E-state index in [1.165, 1.54) is 0 Å². The number of hydrogen-bond acceptors (Lipinski definition) is 4. The van der Waals surface area contributed by atoms with Crippen LogP contribution in [0.25, 0.3) is 0 Å². The van der Waals surface area contributed by atoms with Gasteiger partial charge in [-0.05, 0) is 39.0 Å². The molecule has 0 aromatic carbocycles. The molecule has 0 spiro atoms. The number of ether oxygens (including phenoxy) is 1. The van der Waals surface area contributed by atoms with Crippen LogP contribution in [0, 0.1) is 0 Å². The highest BCUT2D eigenvalue weighted by Crippen LogP contribution is 2.42. The van der Waals surface area contributed by atoms with Gasteiger partial charge in [0.1, 0.15) is 5.60 Å². The summed E-state index contributed by atoms with van der Waals surface area (Å²) in [6, 6.07) is 0. The van der Waals surface area contributed by atoms with Gasteiger partial charge in [0.2, 0.25) is 0 Å². The van der Waals surface area contributed by atoms with Gasteiger partial charge in [-0.1, -0.05) is 20.4 Å². The van der Waals surface area contributed by atoms with Crippen LogP contribution >= 0.6 is 0 Å². The molecule has 0 amide bonds. The second kappa shape index (κ2) is 6.72. The monoisotopic (exact) mass is 284 g/mol. The third-order valence-corrected chi connectivity index (χ3v) is 4.32. The number of carbonyl (C=O) groups excluding carboxylic acids is 1. The predicted molar refractivity (Wildman–Crippen MR) is 78.3 cm³/mol. The van der Waals surface area contributed by atoms with Crippen LogP contribution in [0.1, 0.15) is 65.7 Å². The van der Waals surface area contributed by atoms with E-state index in [-0.39, 0.29) is 0 Å². The van der Waals surface area contributed by atoms with Crippen molar-refractivity contribution in [2.45, 2.75) is 83.0 Å². The molecule has 0 radical (unpaired) electrons. The second-order valence-corrected chi connectivity index (χ2v) is 6.23.